The number of nitrogens with two attached hydrogens (primary N) is 1. The Labute approximate surface area is 114 Å². The highest BCUT2D eigenvalue weighted by Gasteiger charge is 2.16. The molecule has 1 aromatic rings. The minimum absolute atomic E-state index is 0.186. The van der Waals surface area contributed by atoms with E-state index in [-0.39, 0.29) is 5.60 Å². The molecule has 0 atom stereocenters. The van der Waals surface area contributed by atoms with Crippen LogP contribution in [-0.4, -0.2) is 24.3 Å². The molecule has 2 N–H and O–H groups in total. The van der Waals surface area contributed by atoms with Gasteiger partial charge in [0.05, 0.1) is 17.8 Å². The van der Waals surface area contributed by atoms with Crippen LogP contribution in [0, 0.1) is 6.92 Å². The maximum Gasteiger partial charge on any atom is 0.129 e. The Hall–Kier alpha value is -1.13. The quantitative estimate of drug-likeness (QED) is 0.805. The number of rotatable bonds is 6. The summed E-state index contributed by atoms with van der Waals surface area (Å²) < 4.78 is 11.1. The summed E-state index contributed by atoms with van der Waals surface area (Å²) >= 11 is 5.03. The first-order valence-electron chi connectivity index (χ1n) is 5.94. The fraction of sp³-hybridized carbons (Fsp3) is 0.500. The average molecular weight is 267 g/mol. The normalized spacial score (nSPS) is 11.3. The van der Waals surface area contributed by atoms with Crippen molar-refractivity contribution in [1.29, 1.82) is 0 Å². The molecule has 100 valence electrons. The Balaban J connectivity index is 2.70. The molecule has 0 spiro atoms. The van der Waals surface area contributed by atoms with Gasteiger partial charge in [-0.2, -0.15) is 0 Å². The molecule has 0 amide bonds. The predicted octanol–water partition coefficient (Wildman–Crippen LogP) is 2.82. The summed E-state index contributed by atoms with van der Waals surface area (Å²) in [6.07, 6.45) is 0.800. The van der Waals surface area contributed by atoms with Gasteiger partial charge in [0.1, 0.15) is 10.7 Å². The lowest BCUT2D eigenvalue weighted by atomic mass is 10.1. The zero-order chi connectivity index (χ0) is 13.8. The third kappa shape index (κ3) is 4.27. The molecule has 4 heteroatoms. The lowest BCUT2D eigenvalue weighted by Crippen LogP contribution is -2.25. The van der Waals surface area contributed by atoms with Crippen molar-refractivity contribution >= 4 is 17.2 Å². The van der Waals surface area contributed by atoms with E-state index in [1.807, 2.05) is 39.0 Å². The Morgan fingerprint density at radius 3 is 2.61 bits per heavy atom. The number of aryl methyl sites for hydroxylation is 1. The van der Waals surface area contributed by atoms with Crippen molar-refractivity contribution in [3.63, 3.8) is 0 Å². The van der Waals surface area contributed by atoms with Gasteiger partial charge in [0.25, 0.3) is 0 Å². The highest BCUT2D eigenvalue weighted by Crippen LogP contribution is 2.21. The molecule has 0 aliphatic rings. The van der Waals surface area contributed by atoms with E-state index in [2.05, 4.69) is 0 Å². The van der Waals surface area contributed by atoms with E-state index in [1.165, 1.54) is 0 Å². The van der Waals surface area contributed by atoms with Gasteiger partial charge in [-0.15, -0.1) is 0 Å². The smallest absolute Gasteiger partial charge is 0.129 e. The van der Waals surface area contributed by atoms with Crippen LogP contribution < -0.4 is 10.5 Å². The van der Waals surface area contributed by atoms with Gasteiger partial charge >= 0.3 is 0 Å². The molecule has 0 radical (unpaired) electrons. The Kier molecular flexibility index (Phi) is 5.11. The van der Waals surface area contributed by atoms with Crippen molar-refractivity contribution in [2.75, 3.05) is 13.7 Å². The van der Waals surface area contributed by atoms with Crippen LogP contribution in [0.25, 0.3) is 0 Å². The molecule has 0 aromatic heterocycles. The molecule has 3 nitrogen and oxygen atoms in total. The summed E-state index contributed by atoms with van der Waals surface area (Å²) in [6, 6.07) is 5.83. The van der Waals surface area contributed by atoms with Gasteiger partial charge in [0.2, 0.25) is 0 Å². The van der Waals surface area contributed by atoms with Crippen LogP contribution in [-0.2, 0) is 4.74 Å². The van der Waals surface area contributed by atoms with Crippen molar-refractivity contribution in [1.82, 2.24) is 0 Å². The van der Waals surface area contributed by atoms with E-state index < -0.39 is 0 Å². The Bertz CT molecular complexity index is 430. The monoisotopic (exact) mass is 267 g/mol. The summed E-state index contributed by atoms with van der Waals surface area (Å²) in [5.74, 6) is 0.736. The average Bonchev–Trinajstić information content (AvgIpc) is 2.30. The molecule has 0 saturated heterocycles. The number of hydrogen-bond donors (Lipinski definition) is 1. The number of ether oxygens (including phenoxy) is 2. The van der Waals surface area contributed by atoms with E-state index >= 15 is 0 Å². The van der Waals surface area contributed by atoms with Gasteiger partial charge in [-0.05, 0) is 32.9 Å². The predicted molar refractivity (Wildman–Crippen MR) is 78.3 cm³/mol. The zero-order valence-electron chi connectivity index (χ0n) is 11.4. The summed E-state index contributed by atoms with van der Waals surface area (Å²) in [6.45, 7) is 6.62. The molecule has 0 heterocycles. The van der Waals surface area contributed by atoms with E-state index in [1.54, 1.807) is 7.11 Å². The van der Waals surface area contributed by atoms with Crippen LogP contribution in [0.1, 0.15) is 31.4 Å². The SMILES string of the molecule is COC(C)(C)CCOc1ccc(C)cc1C(N)=S. The number of hydrogen-bond acceptors (Lipinski definition) is 3. The Morgan fingerprint density at radius 2 is 2.06 bits per heavy atom. The molecule has 1 rings (SSSR count). The second-order valence-electron chi connectivity index (χ2n) is 4.93. The van der Waals surface area contributed by atoms with Crippen LogP contribution in [0.2, 0.25) is 0 Å². The molecule has 0 saturated carbocycles. The third-order valence-corrected chi connectivity index (χ3v) is 3.13. The number of benzene rings is 1. The largest absolute Gasteiger partial charge is 0.493 e. The molecular formula is C14H21NO2S. The van der Waals surface area contributed by atoms with Crippen molar-refractivity contribution in [3.8, 4) is 5.75 Å². The van der Waals surface area contributed by atoms with E-state index in [9.17, 15) is 0 Å². The first-order chi connectivity index (χ1) is 8.35. The van der Waals surface area contributed by atoms with Crippen LogP contribution >= 0.6 is 12.2 Å². The molecule has 18 heavy (non-hydrogen) atoms. The molecule has 0 aliphatic carbocycles. The van der Waals surface area contributed by atoms with Gasteiger partial charge in [-0.1, -0.05) is 23.8 Å². The van der Waals surface area contributed by atoms with Crippen molar-refractivity contribution in [3.05, 3.63) is 29.3 Å². The number of thiocarbonyl (C=S) groups is 1. The van der Waals surface area contributed by atoms with Gasteiger partial charge < -0.3 is 15.2 Å². The van der Waals surface area contributed by atoms with Crippen molar-refractivity contribution < 1.29 is 9.47 Å². The molecular weight excluding hydrogens is 246 g/mol. The van der Waals surface area contributed by atoms with Gasteiger partial charge in [0, 0.05) is 13.5 Å². The lowest BCUT2D eigenvalue weighted by molar-refractivity contribution is 0.00544. The topological polar surface area (TPSA) is 44.5 Å². The fourth-order valence-corrected chi connectivity index (χ4v) is 1.63. The van der Waals surface area contributed by atoms with Gasteiger partial charge in [-0.3, -0.25) is 0 Å². The third-order valence-electron chi connectivity index (χ3n) is 2.91. The second kappa shape index (κ2) is 6.16. The highest BCUT2D eigenvalue weighted by molar-refractivity contribution is 7.80. The maximum atomic E-state index is 5.74. The van der Waals surface area contributed by atoms with Gasteiger partial charge in [-0.25, -0.2) is 0 Å². The molecule has 0 fully saturated rings. The first kappa shape index (κ1) is 14.9. The highest BCUT2D eigenvalue weighted by atomic mass is 32.1. The minimum atomic E-state index is -0.186. The molecule has 0 unspecified atom stereocenters. The van der Waals surface area contributed by atoms with E-state index in [0.717, 1.165) is 23.3 Å². The summed E-state index contributed by atoms with van der Waals surface area (Å²) in [7, 11) is 1.70. The first-order valence-corrected chi connectivity index (χ1v) is 6.35. The van der Waals surface area contributed by atoms with Crippen LogP contribution in [0.3, 0.4) is 0 Å². The van der Waals surface area contributed by atoms with Crippen LogP contribution in [0.15, 0.2) is 18.2 Å². The standard InChI is InChI=1S/C14H21NO2S/c1-10-5-6-12(11(9-10)13(15)18)17-8-7-14(2,3)16-4/h5-6,9H,7-8H2,1-4H3,(H2,15,18). The van der Waals surface area contributed by atoms with Crippen LogP contribution in [0.5, 0.6) is 5.75 Å². The molecule has 1 aromatic carbocycles. The Morgan fingerprint density at radius 1 is 1.39 bits per heavy atom. The second-order valence-corrected chi connectivity index (χ2v) is 5.37. The minimum Gasteiger partial charge on any atom is -0.493 e. The summed E-state index contributed by atoms with van der Waals surface area (Å²) in [4.78, 5) is 0.361. The fourth-order valence-electron chi connectivity index (χ4n) is 1.47. The zero-order valence-corrected chi connectivity index (χ0v) is 12.3. The lowest BCUT2D eigenvalue weighted by Gasteiger charge is -2.23. The van der Waals surface area contributed by atoms with Crippen molar-refractivity contribution in [2.45, 2.75) is 32.8 Å². The summed E-state index contributed by atoms with van der Waals surface area (Å²) in [5, 5.41) is 0. The van der Waals surface area contributed by atoms with Crippen LogP contribution in [0.4, 0.5) is 0 Å². The molecule has 0 bridgehead atoms. The molecule has 0 aliphatic heterocycles. The summed E-state index contributed by atoms with van der Waals surface area (Å²) in [5.41, 5.74) is 7.41. The van der Waals surface area contributed by atoms with Crippen molar-refractivity contribution in [2.24, 2.45) is 5.73 Å². The van der Waals surface area contributed by atoms with E-state index in [4.69, 9.17) is 27.4 Å². The van der Waals surface area contributed by atoms with Gasteiger partial charge in [0.15, 0.2) is 0 Å². The van der Waals surface area contributed by atoms with E-state index in [0.29, 0.717) is 11.6 Å². The maximum absolute atomic E-state index is 5.74. The number of methoxy groups -OCH3 is 1.